The van der Waals surface area contributed by atoms with Crippen molar-refractivity contribution in [1.29, 1.82) is 0 Å². The Morgan fingerprint density at radius 1 is 0.969 bits per heavy atom. The largest absolute Gasteiger partial charge is 0.378 e. The van der Waals surface area contributed by atoms with E-state index in [9.17, 15) is 4.79 Å². The molecule has 6 rings (SSSR count). The van der Waals surface area contributed by atoms with E-state index in [-0.39, 0.29) is 5.91 Å². The summed E-state index contributed by atoms with van der Waals surface area (Å²) in [6, 6.07) is 18.4. The fourth-order valence-corrected chi connectivity index (χ4v) is 4.30. The van der Waals surface area contributed by atoms with Gasteiger partial charge in [-0.2, -0.15) is 0 Å². The summed E-state index contributed by atoms with van der Waals surface area (Å²) in [5.74, 6) is -0.182. The first-order chi connectivity index (χ1) is 15.8. The highest BCUT2D eigenvalue weighted by Gasteiger charge is 2.17. The van der Waals surface area contributed by atoms with Crippen LogP contribution in [0.4, 0.5) is 17.1 Å². The Morgan fingerprint density at radius 2 is 1.81 bits per heavy atom. The number of morpholine rings is 1. The number of pyridine rings is 1. The number of imidazole rings is 1. The topological polar surface area (TPSA) is 71.2 Å². The van der Waals surface area contributed by atoms with Crippen LogP contribution in [0.1, 0.15) is 15.9 Å². The smallest absolute Gasteiger partial charge is 0.277 e. The summed E-state index contributed by atoms with van der Waals surface area (Å²) in [6.45, 7) is 3.40. The van der Waals surface area contributed by atoms with Gasteiger partial charge in [-0.25, -0.2) is 9.98 Å². The van der Waals surface area contributed by atoms with Gasteiger partial charge in [-0.1, -0.05) is 6.07 Å². The van der Waals surface area contributed by atoms with Crippen LogP contribution in [0.2, 0.25) is 0 Å². The third kappa shape index (κ3) is 3.23. The molecule has 2 aliphatic rings. The summed E-state index contributed by atoms with van der Waals surface area (Å²) in [5.41, 5.74) is 7.49. The monoisotopic (exact) mass is 423 g/mol. The molecule has 1 fully saturated rings. The minimum absolute atomic E-state index is 0.182. The number of nitrogens with zero attached hydrogens (tertiary/aromatic N) is 4. The van der Waals surface area contributed by atoms with Crippen LogP contribution in [0.15, 0.2) is 72.0 Å². The molecule has 1 amide bonds. The third-order valence-corrected chi connectivity index (χ3v) is 5.97. The molecule has 1 N–H and O–H groups in total. The van der Waals surface area contributed by atoms with E-state index in [1.165, 1.54) is 5.69 Å². The summed E-state index contributed by atoms with van der Waals surface area (Å²) >= 11 is 0. The zero-order valence-corrected chi connectivity index (χ0v) is 17.4. The maximum atomic E-state index is 11.8. The zero-order valence-electron chi connectivity index (χ0n) is 17.4. The number of hydrogen-bond acceptors (Lipinski definition) is 5. The molecule has 0 unspecified atom stereocenters. The standard InChI is InChI=1S/C25H21N5O2/c31-25-21-6-1-17(15-18(21)16-27-25)23-8-7-22(24-26-9-10-30(23)24)28-19-2-4-20(5-3-19)29-11-13-32-14-12-29/h1-10,15-16,28H,11-14H2. The summed E-state index contributed by atoms with van der Waals surface area (Å²) < 4.78 is 7.50. The van der Waals surface area contributed by atoms with Crippen molar-refractivity contribution in [3.63, 3.8) is 0 Å². The quantitative estimate of drug-likeness (QED) is 0.534. The number of hydrogen-bond donors (Lipinski definition) is 1. The minimum atomic E-state index is -0.182. The molecule has 0 atom stereocenters. The van der Waals surface area contributed by atoms with Gasteiger partial charge >= 0.3 is 0 Å². The van der Waals surface area contributed by atoms with Crippen LogP contribution in [-0.2, 0) is 4.74 Å². The average Bonchev–Trinajstić information content (AvgIpc) is 3.48. The molecular formula is C25H21N5O2. The molecule has 0 radical (unpaired) electrons. The van der Waals surface area contributed by atoms with Crippen molar-refractivity contribution in [1.82, 2.24) is 9.38 Å². The van der Waals surface area contributed by atoms with Gasteiger partial charge in [-0.05, 0) is 54.1 Å². The normalized spacial score (nSPS) is 15.4. The van der Waals surface area contributed by atoms with Crippen molar-refractivity contribution in [2.75, 3.05) is 36.5 Å². The van der Waals surface area contributed by atoms with E-state index in [1.54, 1.807) is 12.4 Å². The number of aromatic nitrogens is 2. The van der Waals surface area contributed by atoms with Crippen LogP contribution in [-0.4, -0.2) is 47.8 Å². The predicted octanol–water partition coefficient (Wildman–Crippen LogP) is 4.15. The number of rotatable bonds is 4. The van der Waals surface area contributed by atoms with Crippen molar-refractivity contribution in [2.45, 2.75) is 0 Å². The van der Waals surface area contributed by atoms with E-state index in [0.29, 0.717) is 5.56 Å². The molecule has 7 nitrogen and oxygen atoms in total. The lowest BCUT2D eigenvalue weighted by Gasteiger charge is -2.29. The number of ether oxygens (including phenoxy) is 1. The fraction of sp³-hybridized carbons (Fsp3) is 0.160. The Bertz CT molecular complexity index is 1350. The van der Waals surface area contributed by atoms with Crippen molar-refractivity contribution >= 4 is 34.8 Å². The Kier molecular flexibility index (Phi) is 4.47. The molecule has 32 heavy (non-hydrogen) atoms. The van der Waals surface area contributed by atoms with Crippen LogP contribution < -0.4 is 10.2 Å². The number of benzene rings is 2. The van der Waals surface area contributed by atoms with Gasteiger partial charge < -0.3 is 15.0 Å². The molecule has 1 saturated heterocycles. The number of anilines is 3. The molecule has 0 bridgehead atoms. The van der Waals surface area contributed by atoms with Crippen LogP contribution in [0.25, 0.3) is 16.9 Å². The number of aliphatic imine (C=N–C) groups is 1. The first-order valence-electron chi connectivity index (χ1n) is 10.6. The zero-order chi connectivity index (χ0) is 21.5. The molecular weight excluding hydrogens is 402 g/mol. The molecule has 4 heterocycles. The maximum absolute atomic E-state index is 11.8. The lowest BCUT2D eigenvalue weighted by Crippen LogP contribution is -2.36. The summed E-state index contributed by atoms with van der Waals surface area (Å²) in [4.78, 5) is 22.6. The number of fused-ring (bicyclic) bond motifs is 2. The van der Waals surface area contributed by atoms with Crippen molar-refractivity contribution < 1.29 is 9.53 Å². The van der Waals surface area contributed by atoms with E-state index >= 15 is 0 Å². The Balaban J connectivity index is 1.29. The van der Waals surface area contributed by atoms with Crippen LogP contribution in [0.5, 0.6) is 0 Å². The summed E-state index contributed by atoms with van der Waals surface area (Å²) in [7, 11) is 0. The first-order valence-corrected chi connectivity index (χ1v) is 10.6. The highest BCUT2D eigenvalue weighted by molar-refractivity contribution is 6.13. The lowest BCUT2D eigenvalue weighted by atomic mass is 10.0. The van der Waals surface area contributed by atoms with E-state index in [0.717, 1.165) is 60.1 Å². The van der Waals surface area contributed by atoms with Gasteiger partial charge in [0.2, 0.25) is 0 Å². The second kappa shape index (κ2) is 7.62. The third-order valence-electron chi connectivity index (χ3n) is 5.97. The SMILES string of the molecule is O=C1N=Cc2cc(-c3ccc(Nc4ccc(N5CCOCC5)cc4)c4nccn34)ccc21. The van der Waals surface area contributed by atoms with E-state index in [1.807, 2.05) is 30.5 Å². The fourth-order valence-electron chi connectivity index (χ4n) is 4.30. The number of carbonyl (C=O) groups excluding carboxylic acids is 1. The number of nitrogens with one attached hydrogen (secondary N) is 1. The van der Waals surface area contributed by atoms with Gasteiger partial charge in [-0.15, -0.1) is 0 Å². The minimum Gasteiger partial charge on any atom is -0.378 e. The van der Waals surface area contributed by atoms with Gasteiger partial charge in [0, 0.05) is 48.6 Å². The summed E-state index contributed by atoms with van der Waals surface area (Å²) in [6.07, 6.45) is 5.37. The lowest BCUT2D eigenvalue weighted by molar-refractivity contribution is 0.101. The Hall–Kier alpha value is -3.97. The number of carbonyl (C=O) groups is 1. The highest BCUT2D eigenvalue weighted by Crippen LogP contribution is 2.30. The van der Waals surface area contributed by atoms with Crippen molar-refractivity contribution in [2.24, 2.45) is 4.99 Å². The average molecular weight is 423 g/mol. The van der Waals surface area contributed by atoms with Gasteiger partial charge in [-0.3, -0.25) is 9.20 Å². The van der Waals surface area contributed by atoms with Crippen LogP contribution in [0, 0.1) is 0 Å². The molecule has 158 valence electrons. The second-order valence-electron chi connectivity index (χ2n) is 7.89. The molecule has 0 saturated carbocycles. The molecule has 2 aromatic carbocycles. The van der Waals surface area contributed by atoms with E-state index < -0.39 is 0 Å². The van der Waals surface area contributed by atoms with Gasteiger partial charge in [0.15, 0.2) is 5.65 Å². The molecule has 2 aliphatic heterocycles. The van der Waals surface area contributed by atoms with Crippen LogP contribution >= 0.6 is 0 Å². The molecule has 0 spiro atoms. The Labute approximate surface area is 185 Å². The molecule has 2 aromatic heterocycles. The first kappa shape index (κ1) is 18.8. The second-order valence-corrected chi connectivity index (χ2v) is 7.89. The van der Waals surface area contributed by atoms with Gasteiger partial charge in [0.25, 0.3) is 5.91 Å². The maximum Gasteiger partial charge on any atom is 0.277 e. The van der Waals surface area contributed by atoms with E-state index in [2.05, 4.69) is 54.9 Å². The molecule has 7 heteroatoms. The van der Waals surface area contributed by atoms with Crippen molar-refractivity contribution in [3.8, 4) is 11.3 Å². The molecule has 0 aliphatic carbocycles. The van der Waals surface area contributed by atoms with Gasteiger partial charge in [0.05, 0.1) is 30.2 Å². The Morgan fingerprint density at radius 3 is 2.66 bits per heavy atom. The van der Waals surface area contributed by atoms with Crippen LogP contribution in [0.3, 0.4) is 0 Å². The molecule has 4 aromatic rings. The van der Waals surface area contributed by atoms with Crippen molar-refractivity contribution in [3.05, 3.63) is 78.1 Å². The predicted molar refractivity (Wildman–Crippen MR) is 125 cm³/mol. The van der Waals surface area contributed by atoms with E-state index in [4.69, 9.17) is 4.74 Å². The number of amides is 1. The van der Waals surface area contributed by atoms with Gasteiger partial charge in [0.1, 0.15) is 0 Å². The summed E-state index contributed by atoms with van der Waals surface area (Å²) in [5, 5.41) is 3.50. The highest BCUT2D eigenvalue weighted by atomic mass is 16.5.